The van der Waals surface area contributed by atoms with E-state index in [2.05, 4.69) is 4.74 Å². The Morgan fingerprint density at radius 3 is 2.37 bits per heavy atom. The van der Waals surface area contributed by atoms with E-state index in [9.17, 15) is 9.59 Å². The predicted molar refractivity (Wildman–Crippen MR) is 71.6 cm³/mol. The average Bonchev–Trinajstić information content (AvgIpc) is 2.80. The standard InChI is InChI=1S/C14H12ClNO3/c1-16-8-10(7-12(16)14(18)19-2)13(17)9-3-5-11(15)6-4-9/h3-8H,1-2H3. The van der Waals surface area contributed by atoms with Crippen molar-refractivity contribution in [1.29, 1.82) is 0 Å². The van der Waals surface area contributed by atoms with E-state index in [1.54, 1.807) is 42.1 Å². The highest BCUT2D eigenvalue weighted by molar-refractivity contribution is 6.30. The van der Waals surface area contributed by atoms with Crippen LogP contribution in [0.5, 0.6) is 0 Å². The summed E-state index contributed by atoms with van der Waals surface area (Å²) in [6, 6.07) is 8.12. The van der Waals surface area contributed by atoms with Crippen molar-refractivity contribution in [1.82, 2.24) is 4.57 Å². The Labute approximate surface area is 115 Å². The smallest absolute Gasteiger partial charge is 0.354 e. The maximum absolute atomic E-state index is 12.2. The molecule has 0 fully saturated rings. The van der Waals surface area contributed by atoms with Gasteiger partial charge in [-0.1, -0.05) is 11.6 Å². The molecule has 0 aliphatic rings. The van der Waals surface area contributed by atoms with Crippen LogP contribution in [0.15, 0.2) is 36.5 Å². The zero-order chi connectivity index (χ0) is 14.0. The van der Waals surface area contributed by atoms with Gasteiger partial charge in [0.1, 0.15) is 5.69 Å². The van der Waals surface area contributed by atoms with Gasteiger partial charge < -0.3 is 9.30 Å². The largest absolute Gasteiger partial charge is 0.464 e. The molecular weight excluding hydrogens is 266 g/mol. The summed E-state index contributed by atoms with van der Waals surface area (Å²) < 4.78 is 6.21. The number of halogens is 1. The molecule has 0 aliphatic carbocycles. The van der Waals surface area contributed by atoms with Crippen LogP contribution >= 0.6 is 11.6 Å². The maximum atomic E-state index is 12.2. The number of rotatable bonds is 3. The zero-order valence-corrected chi connectivity index (χ0v) is 11.3. The van der Waals surface area contributed by atoms with Crippen LogP contribution in [-0.4, -0.2) is 23.4 Å². The molecule has 2 aromatic rings. The third-order valence-corrected chi connectivity index (χ3v) is 3.02. The Morgan fingerprint density at radius 2 is 1.79 bits per heavy atom. The summed E-state index contributed by atoms with van der Waals surface area (Å²) in [6.07, 6.45) is 1.60. The first-order valence-corrected chi connectivity index (χ1v) is 5.95. The molecule has 0 spiro atoms. The Kier molecular flexibility index (Phi) is 3.71. The van der Waals surface area contributed by atoms with Crippen molar-refractivity contribution in [2.24, 2.45) is 7.05 Å². The van der Waals surface area contributed by atoms with Gasteiger partial charge in [0, 0.05) is 29.4 Å². The van der Waals surface area contributed by atoms with Crippen LogP contribution in [0.4, 0.5) is 0 Å². The highest BCUT2D eigenvalue weighted by Gasteiger charge is 2.17. The Hall–Kier alpha value is -2.07. The van der Waals surface area contributed by atoms with E-state index >= 15 is 0 Å². The SMILES string of the molecule is COC(=O)c1cc(C(=O)c2ccc(Cl)cc2)cn1C. The minimum absolute atomic E-state index is 0.164. The summed E-state index contributed by atoms with van der Waals surface area (Å²) in [5, 5.41) is 0.569. The van der Waals surface area contributed by atoms with Crippen molar-refractivity contribution in [2.75, 3.05) is 7.11 Å². The molecule has 98 valence electrons. The van der Waals surface area contributed by atoms with Gasteiger partial charge in [-0.3, -0.25) is 4.79 Å². The third kappa shape index (κ3) is 2.69. The summed E-state index contributed by atoms with van der Waals surface area (Å²) >= 11 is 5.78. The highest BCUT2D eigenvalue weighted by Crippen LogP contribution is 2.16. The summed E-state index contributed by atoms with van der Waals surface area (Å²) in [4.78, 5) is 23.7. The van der Waals surface area contributed by atoms with E-state index in [1.807, 2.05) is 0 Å². The van der Waals surface area contributed by atoms with Crippen LogP contribution in [-0.2, 0) is 11.8 Å². The molecule has 0 N–H and O–H groups in total. The maximum Gasteiger partial charge on any atom is 0.354 e. The van der Waals surface area contributed by atoms with Gasteiger partial charge in [0.05, 0.1) is 7.11 Å². The molecule has 0 atom stereocenters. The fraction of sp³-hybridized carbons (Fsp3) is 0.143. The molecule has 4 nitrogen and oxygen atoms in total. The molecule has 0 unspecified atom stereocenters. The number of carbonyl (C=O) groups is 2. The van der Waals surface area contributed by atoms with Crippen molar-refractivity contribution in [3.05, 3.63) is 58.4 Å². The summed E-state index contributed by atoms with van der Waals surface area (Å²) in [5.41, 5.74) is 1.29. The number of nitrogens with zero attached hydrogens (tertiary/aromatic N) is 1. The lowest BCUT2D eigenvalue weighted by molar-refractivity contribution is 0.0590. The molecule has 0 bridgehead atoms. The lowest BCUT2D eigenvalue weighted by Gasteiger charge is -1.98. The molecule has 0 amide bonds. The number of ether oxygens (including phenoxy) is 1. The number of hydrogen-bond donors (Lipinski definition) is 0. The van der Waals surface area contributed by atoms with Crippen molar-refractivity contribution >= 4 is 23.4 Å². The number of esters is 1. The number of methoxy groups -OCH3 is 1. The monoisotopic (exact) mass is 277 g/mol. The minimum atomic E-state index is -0.474. The molecular formula is C14H12ClNO3. The summed E-state index contributed by atoms with van der Waals surface area (Å²) in [7, 11) is 2.99. The molecule has 0 radical (unpaired) electrons. The lowest BCUT2D eigenvalue weighted by atomic mass is 10.1. The number of aryl methyl sites for hydroxylation is 1. The van der Waals surface area contributed by atoms with Gasteiger partial charge in [-0.15, -0.1) is 0 Å². The van der Waals surface area contributed by atoms with Gasteiger partial charge in [-0.2, -0.15) is 0 Å². The quantitative estimate of drug-likeness (QED) is 0.640. The van der Waals surface area contributed by atoms with Crippen LogP contribution in [0.2, 0.25) is 5.02 Å². The molecule has 0 aliphatic heterocycles. The van der Waals surface area contributed by atoms with E-state index in [4.69, 9.17) is 11.6 Å². The van der Waals surface area contributed by atoms with E-state index in [1.165, 1.54) is 13.2 Å². The molecule has 19 heavy (non-hydrogen) atoms. The fourth-order valence-corrected chi connectivity index (χ4v) is 1.89. The number of aromatic nitrogens is 1. The number of carbonyl (C=O) groups excluding carboxylic acids is 2. The molecule has 1 heterocycles. The van der Waals surface area contributed by atoms with Crippen LogP contribution in [0, 0.1) is 0 Å². The van der Waals surface area contributed by atoms with Gasteiger partial charge in [0.25, 0.3) is 0 Å². The normalized spacial score (nSPS) is 10.3. The molecule has 0 saturated carbocycles. The van der Waals surface area contributed by atoms with Gasteiger partial charge in [-0.25, -0.2) is 4.79 Å². The van der Waals surface area contributed by atoms with Gasteiger partial charge in [0.2, 0.25) is 0 Å². The Balaban J connectivity index is 2.34. The van der Waals surface area contributed by atoms with Crippen molar-refractivity contribution in [3.63, 3.8) is 0 Å². The topological polar surface area (TPSA) is 48.3 Å². The minimum Gasteiger partial charge on any atom is -0.464 e. The molecule has 1 aromatic carbocycles. The first-order valence-electron chi connectivity index (χ1n) is 5.58. The van der Waals surface area contributed by atoms with E-state index in [-0.39, 0.29) is 5.78 Å². The van der Waals surface area contributed by atoms with Crippen LogP contribution in [0.1, 0.15) is 26.4 Å². The summed E-state index contributed by atoms with van der Waals surface area (Å²) in [6.45, 7) is 0. The van der Waals surface area contributed by atoms with Gasteiger partial charge in [0.15, 0.2) is 5.78 Å². The van der Waals surface area contributed by atoms with E-state index in [0.29, 0.717) is 21.8 Å². The highest BCUT2D eigenvalue weighted by atomic mass is 35.5. The predicted octanol–water partition coefficient (Wildman–Crippen LogP) is 2.70. The van der Waals surface area contributed by atoms with Gasteiger partial charge in [-0.05, 0) is 30.3 Å². The molecule has 0 saturated heterocycles. The Bertz CT molecular complexity index is 629. The first kappa shape index (κ1) is 13.4. The summed E-state index contributed by atoms with van der Waals surface area (Å²) in [5.74, 6) is -0.639. The number of ketones is 1. The van der Waals surface area contributed by atoms with Crippen molar-refractivity contribution < 1.29 is 14.3 Å². The van der Waals surface area contributed by atoms with Crippen molar-refractivity contribution in [3.8, 4) is 0 Å². The van der Waals surface area contributed by atoms with Crippen LogP contribution in [0.3, 0.4) is 0 Å². The molecule has 2 rings (SSSR count). The number of benzene rings is 1. The second-order valence-corrected chi connectivity index (χ2v) is 4.49. The second-order valence-electron chi connectivity index (χ2n) is 4.05. The number of hydrogen-bond acceptors (Lipinski definition) is 3. The second kappa shape index (κ2) is 5.28. The van der Waals surface area contributed by atoms with E-state index in [0.717, 1.165) is 0 Å². The lowest BCUT2D eigenvalue weighted by Crippen LogP contribution is -2.06. The first-order chi connectivity index (χ1) is 9.02. The average molecular weight is 278 g/mol. The van der Waals surface area contributed by atoms with E-state index < -0.39 is 5.97 Å². The Morgan fingerprint density at radius 1 is 1.16 bits per heavy atom. The van der Waals surface area contributed by atoms with Crippen LogP contribution < -0.4 is 0 Å². The van der Waals surface area contributed by atoms with Gasteiger partial charge >= 0.3 is 5.97 Å². The fourth-order valence-electron chi connectivity index (χ4n) is 1.76. The van der Waals surface area contributed by atoms with Crippen molar-refractivity contribution in [2.45, 2.75) is 0 Å². The zero-order valence-electron chi connectivity index (χ0n) is 10.5. The third-order valence-electron chi connectivity index (χ3n) is 2.77. The van der Waals surface area contributed by atoms with Crippen LogP contribution in [0.25, 0.3) is 0 Å². The molecule has 1 aromatic heterocycles. The molecule has 5 heteroatoms.